The Bertz CT molecular complexity index is 1150. The number of likely N-dealkylation sites (tertiary alicyclic amines) is 1. The summed E-state index contributed by atoms with van der Waals surface area (Å²) < 4.78 is 47.5. The summed E-state index contributed by atoms with van der Waals surface area (Å²) >= 11 is 6.24. The van der Waals surface area contributed by atoms with Crippen molar-refractivity contribution < 1.29 is 32.6 Å². The number of ether oxygens (including phenoxy) is 1. The van der Waals surface area contributed by atoms with Gasteiger partial charge in [0, 0.05) is 32.7 Å². The monoisotopic (exact) mass is 552 g/mol. The number of carbonyl (C=O) groups is 2. The molecule has 1 saturated heterocycles. The van der Waals surface area contributed by atoms with E-state index < -0.39 is 23.2 Å². The zero-order valence-electron chi connectivity index (χ0n) is 21.4. The van der Waals surface area contributed by atoms with Crippen molar-refractivity contribution in [3.8, 4) is 5.75 Å². The topological polar surface area (TPSA) is 70.1 Å². The molecule has 3 atom stereocenters. The highest BCUT2D eigenvalue weighted by Crippen LogP contribution is 2.50. The SMILES string of the molecule is CN(C)C(=O)c1ccc(OCC[C@H]2C[C@H]2C2CCN(C(=O)[C@](O)(c3ccccc3)C(F)(F)F)CC2)cc1Cl. The minimum atomic E-state index is -5.13. The summed E-state index contributed by atoms with van der Waals surface area (Å²) in [5.41, 5.74) is -3.61. The van der Waals surface area contributed by atoms with Crippen LogP contribution >= 0.6 is 11.6 Å². The zero-order valence-corrected chi connectivity index (χ0v) is 22.1. The molecule has 2 aliphatic rings. The van der Waals surface area contributed by atoms with Crippen LogP contribution in [0.15, 0.2) is 48.5 Å². The van der Waals surface area contributed by atoms with E-state index in [-0.39, 0.29) is 19.0 Å². The maximum absolute atomic E-state index is 13.9. The molecule has 6 nitrogen and oxygen atoms in total. The van der Waals surface area contributed by atoms with Crippen LogP contribution < -0.4 is 4.74 Å². The Morgan fingerprint density at radius 3 is 2.34 bits per heavy atom. The molecule has 10 heteroatoms. The van der Waals surface area contributed by atoms with Gasteiger partial charge >= 0.3 is 6.18 Å². The van der Waals surface area contributed by atoms with Gasteiger partial charge in [-0.05, 0) is 61.6 Å². The van der Waals surface area contributed by atoms with Crippen LogP contribution in [0.25, 0.3) is 0 Å². The fraction of sp³-hybridized carbons (Fsp3) is 0.500. The van der Waals surface area contributed by atoms with Gasteiger partial charge in [0.05, 0.1) is 17.2 Å². The van der Waals surface area contributed by atoms with E-state index in [0.29, 0.717) is 53.5 Å². The van der Waals surface area contributed by atoms with E-state index in [0.717, 1.165) is 29.9 Å². The number of halogens is 4. The average Bonchev–Trinajstić information content (AvgIpc) is 3.67. The molecule has 0 radical (unpaired) electrons. The molecule has 0 aromatic heterocycles. The van der Waals surface area contributed by atoms with Gasteiger partial charge in [-0.15, -0.1) is 0 Å². The number of hydrogen-bond acceptors (Lipinski definition) is 4. The van der Waals surface area contributed by atoms with Crippen molar-refractivity contribution in [3.05, 3.63) is 64.7 Å². The van der Waals surface area contributed by atoms with E-state index >= 15 is 0 Å². The van der Waals surface area contributed by atoms with Gasteiger partial charge in [0.1, 0.15) is 5.75 Å². The van der Waals surface area contributed by atoms with Crippen LogP contribution in [0.2, 0.25) is 5.02 Å². The molecule has 0 unspecified atom stereocenters. The van der Waals surface area contributed by atoms with Gasteiger partial charge in [-0.3, -0.25) is 9.59 Å². The van der Waals surface area contributed by atoms with Gasteiger partial charge in [-0.25, -0.2) is 0 Å². The van der Waals surface area contributed by atoms with Gasteiger partial charge in [-0.2, -0.15) is 13.2 Å². The number of benzene rings is 2. The lowest BCUT2D eigenvalue weighted by molar-refractivity contribution is -0.262. The van der Waals surface area contributed by atoms with Crippen LogP contribution in [0, 0.1) is 17.8 Å². The maximum atomic E-state index is 13.9. The van der Waals surface area contributed by atoms with Crippen molar-refractivity contribution in [1.82, 2.24) is 9.80 Å². The summed E-state index contributed by atoms with van der Waals surface area (Å²) in [6.45, 7) is 0.863. The lowest BCUT2D eigenvalue weighted by atomic mass is 9.87. The molecule has 0 spiro atoms. The largest absolute Gasteiger partial charge is 0.494 e. The third kappa shape index (κ3) is 5.78. The van der Waals surface area contributed by atoms with Gasteiger partial charge in [-0.1, -0.05) is 41.9 Å². The number of alkyl halides is 3. The summed E-state index contributed by atoms with van der Waals surface area (Å²) in [5, 5.41) is 10.9. The van der Waals surface area contributed by atoms with Crippen LogP contribution in [0.3, 0.4) is 0 Å². The first kappa shape index (κ1) is 28.2. The fourth-order valence-electron chi connectivity index (χ4n) is 5.36. The number of nitrogens with zero attached hydrogens (tertiary/aromatic N) is 2. The summed E-state index contributed by atoms with van der Waals surface area (Å²) in [7, 11) is 3.31. The van der Waals surface area contributed by atoms with Crippen molar-refractivity contribution in [2.45, 2.75) is 37.5 Å². The molecule has 4 rings (SSSR count). The Kier molecular flexibility index (Phi) is 8.28. The quantitative estimate of drug-likeness (QED) is 0.493. The van der Waals surface area contributed by atoms with Crippen LogP contribution in [-0.2, 0) is 10.4 Å². The molecular formula is C28H32ClF3N2O4. The molecule has 0 bridgehead atoms. The summed E-state index contributed by atoms with van der Waals surface area (Å²) in [6, 6.07) is 11.5. The van der Waals surface area contributed by atoms with E-state index in [1.54, 1.807) is 32.3 Å². The minimum absolute atomic E-state index is 0.182. The Morgan fingerprint density at radius 2 is 1.76 bits per heavy atom. The Hall–Kier alpha value is -2.78. The van der Waals surface area contributed by atoms with Gasteiger partial charge < -0.3 is 19.6 Å². The minimum Gasteiger partial charge on any atom is -0.494 e. The van der Waals surface area contributed by atoms with E-state index in [1.165, 1.54) is 23.1 Å². The second-order valence-corrected chi connectivity index (χ2v) is 10.7. The number of hydrogen-bond donors (Lipinski definition) is 1. The summed E-state index contributed by atoms with van der Waals surface area (Å²) in [5.74, 6) is 0.333. The maximum Gasteiger partial charge on any atom is 0.430 e. The predicted octanol–water partition coefficient (Wildman–Crippen LogP) is 5.14. The fourth-order valence-corrected chi connectivity index (χ4v) is 5.61. The zero-order chi connectivity index (χ0) is 27.7. The highest BCUT2D eigenvalue weighted by molar-refractivity contribution is 6.34. The molecule has 2 aromatic carbocycles. The molecule has 1 aliphatic carbocycles. The third-order valence-electron chi connectivity index (χ3n) is 7.66. The highest BCUT2D eigenvalue weighted by atomic mass is 35.5. The number of carbonyl (C=O) groups excluding carboxylic acids is 2. The van der Waals surface area contributed by atoms with Crippen LogP contribution in [-0.4, -0.2) is 66.7 Å². The van der Waals surface area contributed by atoms with Crippen LogP contribution in [0.4, 0.5) is 13.2 Å². The van der Waals surface area contributed by atoms with Crippen LogP contribution in [0.5, 0.6) is 5.75 Å². The number of rotatable bonds is 8. The van der Waals surface area contributed by atoms with Crippen molar-refractivity contribution in [3.63, 3.8) is 0 Å². The lowest BCUT2D eigenvalue weighted by Crippen LogP contribution is -2.57. The molecule has 206 valence electrons. The first-order valence-corrected chi connectivity index (χ1v) is 13.1. The van der Waals surface area contributed by atoms with Crippen molar-refractivity contribution >= 4 is 23.4 Å². The molecule has 2 fully saturated rings. The molecular weight excluding hydrogens is 521 g/mol. The van der Waals surface area contributed by atoms with E-state index in [9.17, 15) is 27.9 Å². The molecule has 2 amide bonds. The van der Waals surface area contributed by atoms with Crippen molar-refractivity contribution in [2.75, 3.05) is 33.8 Å². The van der Waals surface area contributed by atoms with E-state index in [2.05, 4.69) is 0 Å². The molecule has 38 heavy (non-hydrogen) atoms. The summed E-state index contributed by atoms with van der Waals surface area (Å²) in [4.78, 5) is 27.6. The van der Waals surface area contributed by atoms with Crippen molar-refractivity contribution in [1.29, 1.82) is 0 Å². The summed E-state index contributed by atoms with van der Waals surface area (Å²) in [6.07, 6.45) is -2.06. The number of piperidine rings is 1. The third-order valence-corrected chi connectivity index (χ3v) is 7.97. The number of amides is 2. The molecule has 1 N–H and O–H groups in total. The normalized spacial score (nSPS) is 21.5. The van der Waals surface area contributed by atoms with E-state index in [4.69, 9.17) is 16.3 Å². The second-order valence-electron chi connectivity index (χ2n) is 10.3. The number of aliphatic hydroxyl groups is 1. The van der Waals surface area contributed by atoms with Gasteiger partial charge in [0.25, 0.3) is 17.4 Å². The van der Waals surface area contributed by atoms with Crippen molar-refractivity contribution in [2.24, 2.45) is 17.8 Å². The Balaban J connectivity index is 1.26. The standard InChI is InChI=1S/C28H32ClF3N2O4/c1-33(2)25(35)22-9-8-21(17-24(22)29)38-15-12-19-16-23(19)18-10-13-34(14-11-18)26(36)27(37,28(30,31)32)20-6-4-3-5-7-20/h3-9,17-19,23,37H,10-16H2,1-2H3/t19-,23-,27+/m0/s1. The first-order chi connectivity index (χ1) is 17.9. The molecule has 1 aliphatic heterocycles. The predicted molar refractivity (Wildman–Crippen MR) is 137 cm³/mol. The molecule has 1 heterocycles. The van der Waals surface area contributed by atoms with Gasteiger partial charge in [0.15, 0.2) is 0 Å². The first-order valence-electron chi connectivity index (χ1n) is 12.7. The highest BCUT2D eigenvalue weighted by Gasteiger charge is 2.62. The second kappa shape index (κ2) is 11.1. The smallest absolute Gasteiger partial charge is 0.430 e. The molecule has 1 saturated carbocycles. The average molecular weight is 553 g/mol. The van der Waals surface area contributed by atoms with E-state index in [1.807, 2.05) is 0 Å². The van der Waals surface area contributed by atoms with Crippen LogP contribution in [0.1, 0.15) is 41.6 Å². The lowest BCUT2D eigenvalue weighted by Gasteiger charge is -2.38. The van der Waals surface area contributed by atoms with Gasteiger partial charge in [0.2, 0.25) is 0 Å². The Labute approximate surface area is 225 Å². The Morgan fingerprint density at radius 1 is 1.11 bits per heavy atom. The molecule has 2 aromatic rings.